The van der Waals surface area contributed by atoms with Gasteiger partial charge in [0.25, 0.3) is 0 Å². The smallest absolute Gasteiger partial charge is 0.222 e. The molecule has 0 aromatic heterocycles. The fourth-order valence-corrected chi connectivity index (χ4v) is 2.48. The van der Waals surface area contributed by atoms with Crippen LogP contribution in [0.4, 0.5) is 5.69 Å². The predicted octanol–water partition coefficient (Wildman–Crippen LogP) is 2.08. The van der Waals surface area contributed by atoms with Crippen LogP contribution in [0.3, 0.4) is 0 Å². The van der Waals surface area contributed by atoms with Gasteiger partial charge >= 0.3 is 0 Å². The molecule has 2 rings (SSSR count). The molecule has 1 aromatic rings. The number of fused-ring (bicyclic) bond motifs is 1. The first-order valence-electron chi connectivity index (χ1n) is 7.02. The first kappa shape index (κ1) is 15.9. The molecule has 1 aliphatic rings. The molecule has 1 N–H and O–H groups in total. The van der Waals surface area contributed by atoms with E-state index in [1.807, 2.05) is 19.2 Å². The molecule has 6 heteroatoms. The van der Waals surface area contributed by atoms with Gasteiger partial charge in [-0.1, -0.05) is 11.6 Å². The molecule has 0 radical (unpaired) electrons. The Labute approximate surface area is 130 Å². The standard InChI is InChI=1S/C15H21ClN2O3/c1-18-12(9-15(19)17-6-3-7-20-2)10-21-14-5-4-11(16)8-13(14)18/h4-5,8,12H,3,6-7,9-10H2,1-2H3,(H,17,19)/t12-/m0/s1. The highest BCUT2D eigenvalue weighted by Crippen LogP contribution is 2.35. The van der Waals surface area contributed by atoms with Crippen molar-refractivity contribution in [3.8, 4) is 5.75 Å². The van der Waals surface area contributed by atoms with Crippen LogP contribution in [0, 0.1) is 0 Å². The van der Waals surface area contributed by atoms with Crippen LogP contribution in [-0.4, -0.2) is 45.9 Å². The SMILES string of the molecule is COCCCNC(=O)C[C@H]1COc2ccc(Cl)cc2N1C. The number of rotatable bonds is 6. The van der Waals surface area contributed by atoms with Crippen molar-refractivity contribution in [1.82, 2.24) is 5.32 Å². The van der Waals surface area contributed by atoms with Crippen LogP contribution in [0.25, 0.3) is 0 Å². The zero-order valence-electron chi connectivity index (χ0n) is 12.4. The highest BCUT2D eigenvalue weighted by atomic mass is 35.5. The predicted molar refractivity (Wildman–Crippen MR) is 83.3 cm³/mol. The van der Waals surface area contributed by atoms with Crippen LogP contribution in [0.1, 0.15) is 12.8 Å². The van der Waals surface area contributed by atoms with E-state index in [-0.39, 0.29) is 11.9 Å². The Bertz CT molecular complexity index is 496. The fraction of sp³-hybridized carbons (Fsp3) is 0.533. The Kier molecular flexibility index (Phi) is 5.70. The molecule has 1 heterocycles. The average molecular weight is 313 g/mol. The third kappa shape index (κ3) is 4.25. The molecule has 0 unspecified atom stereocenters. The van der Waals surface area contributed by atoms with Crippen molar-refractivity contribution < 1.29 is 14.3 Å². The largest absolute Gasteiger partial charge is 0.489 e. The van der Waals surface area contributed by atoms with Crippen LogP contribution < -0.4 is 15.0 Å². The van der Waals surface area contributed by atoms with Gasteiger partial charge in [0.2, 0.25) is 5.91 Å². The molecule has 0 bridgehead atoms. The molecule has 21 heavy (non-hydrogen) atoms. The Hall–Kier alpha value is -1.46. The van der Waals surface area contributed by atoms with Gasteiger partial charge < -0.3 is 19.7 Å². The maximum absolute atomic E-state index is 11.9. The van der Waals surface area contributed by atoms with Gasteiger partial charge in [-0.25, -0.2) is 0 Å². The third-order valence-corrected chi connectivity index (χ3v) is 3.78. The summed E-state index contributed by atoms with van der Waals surface area (Å²) in [5, 5.41) is 3.55. The van der Waals surface area contributed by atoms with Gasteiger partial charge in [-0.3, -0.25) is 4.79 Å². The van der Waals surface area contributed by atoms with Crippen molar-refractivity contribution in [3.05, 3.63) is 23.2 Å². The highest BCUT2D eigenvalue weighted by Gasteiger charge is 2.26. The summed E-state index contributed by atoms with van der Waals surface area (Å²) < 4.78 is 10.7. The lowest BCUT2D eigenvalue weighted by molar-refractivity contribution is -0.121. The number of likely N-dealkylation sites (N-methyl/N-ethyl adjacent to an activating group) is 1. The summed E-state index contributed by atoms with van der Waals surface area (Å²) in [5.41, 5.74) is 0.922. The molecule has 1 aliphatic heterocycles. The van der Waals surface area contributed by atoms with E-state index in [0.717, 1.165) is 17.9 Å². The molecular formula is C15H21ClN2O3. The Balaban J connectivity index is 1.89. The first-order chi connectivity index (χ1) is 10.1. The maximum Gasteiger partial charge on any atom is 0.222 e. The van der Waals surface area contributed by atoms with Crippen molar-refractivity contribution in [2.75, 3.05) is 38.8 Å². The number of nitrogens with zero attached hydrogens (tertiary/aromatic N) is 1. The molecule has 0 saturated carbocycles. The van der Waals surface area contributed by atoms with E-state index in [0.29, 0.717) is 31.2 Å². The Morgan fingerprint density at radius 1 is 1.57 bits per heavy atom. The van der Waals surface area contributed by atoms with Gasteiger partial charge in [-0.2, -0.15) is 0 Å². The Morgan fingerprint density at radius 3 is 3.14 bits per heavy atom. The van der Waals surface area contributed by atoms with Gasteiger partial charge in [0, 0.05) is 32.3 Å². The van der Waals surface area contributed by atoms with Crippen LogP contribution in [-0.2, 0) is 9.53 Å². The van der Waals surface area contributed by atoms with Crippen LogP contribution in [0.5, 0.6) is 5.75 Å². The first-order valence-corrected chi connectivity index (χ1v) is 7.40. The zero-order chi connectivity index (χ0) is 15.2. The van der Waals surface area contributed by atoms with E-state index in [4.69, 9.17) is 21.1 Å². The van der Waals surface area contributed by atoms with E-state index in [9.17, 15) is 4.79 Å². The number of hydrogen-bond donors (Lipinski definition) is 1. The van der Waals surface area contributed by atoms with Crippen molar-refractivity contribution in [2.45, 2.75) is 18.9 Å². The van der Waals surface area contributed by atoms with Crippen LogP contribution >= 0.6 is 11.6 Å². The molecule has 1 atom stereocenters. The molecule has 116 valence electrons. The third-order valence-electron chi connectivity index (χ3n) is 3.55. The monoisotopic (exact) mass is 312 g/mol. The minimum absolute atomic E-state index is 0.0124. The number of benzene rings is 1. The second-order valence-corrected chi connectivity index (χ2v) is 5.52. The zero-order valence-corrected chi connectivity index (χ0v) is 13.2. The lowest BCUT2D eigenvalue weighted by atomic mass is 10.1. The molecule has 5 nitrogen and oxygen atoms in total. The summed E-state index contributed by atoms with van der Waals surface area (Å²) in [5.74, 6) is 0.829. The number of nitrogens with one attached hydrogen (secondary N) is 1. The number of halogens is 1. The van der Waals surface area contributed by atoms with E-state index in [1.165, 1.54) is 0 Å². The summed E-state index contributed by atoms with van der Waals surface area (Å²) in [4.78, 5) is 14.0. The maximum atomic E-state index is 11.9. The van der Waals surface area contributed by atoms with Crippen molar-refractivity contribution in [2.24, 2.45) is 0 Å². The number of hydrogen-bond acceptors (Lipinski definition) is 4. The summed E-state index contributed by atoms with van der Waals surface area (Å²) in [7, 11) is 3.61. The van der Waals surface area contributed by atoms with E-state index < -0.39 is 0 Å². The van der Waals surface area contributed by atoms with E-state index in [2.05, 4.69) is 10.2 Å². The number of carbonyl (C=O) groups is 1. The van der Waals surface area contributed by atoms with Crippen molar-refractivity contribution in [3.63, 3.8) is 0 Å². The molecular weight excluding hydrogens is 292 g/mol. The number of amides is 1. The van der Waals surface area contributed by atoms with Crippen LogP contribution in [0.15, 0.2) is 18.2 Å². The number of ether oxygens (including phenoxy) is 2. The molecule has 1 amide bonds. The number of anilines is 1. The second-order valence-electron chi connectivity index (χ2n) is 5.09. The van der Waals surface area contributed by atoms with Crippen molar-refractivity contribution >= 4 is 23.2 Å². The molecule has 0 aliphatic carbocycles. The minimum atomic E-state index is 0.0124. The second kappa shape index (κ2) is 7.52. The number of carbonyl (C=O) groups excluding carboxylic acids is 1. The molecule has 0 fully saturated rings. The van der Waals surface area contributed by atoms with Gasteiger partial charge in [0.1, 0.15) is 12.4 Å². The highest BCUT2D eigenvalue weighted by molar-refractivity contribution is 6.30. The van der Waals surface area contributed by atoms with Crippen LogP contribution in [0.2, 0.25) is 5.02 Å². The lowest BCUT2D eigenvalue weighted by Crippen LogP contribution is -2.43. The summed E-state index contributed by atoms with van der Waals surface area (Å²) in [6, 6.07) is 5.53. The van der Waals surface area contributed by atoms with Gasteiger partial charge in [-0.05, 0) is 24.6 Å². The quantitative estimate of drug-likeness (QED) is 0.817. The van der Waals surface area contributed by atoms with Gasteiger partial charge in [-0.15, -0.1) is 0 Å². The topological polar surface area (TPSA) is 50.8 Å². The summed E-state index contributed by atoms with van der Waals surface area (Å²) in [6.45, 7) is 1.78. The lowest BCUT2D eigenvalue weighted by Gasteiger charge is -2.35. The van der Waals surface area contributed by atoms with Crippen molar-refractivity contribution in [1.29, 1.82) is 0 Å². The average Bonchev–Trinajstić information content (AvgIpc) is 2.47. The number of methoxy groups -OCH3 is 1. The van der Waals surface area contributed by atoms with Gasteiger partial charge in [0.05, 0.1) is 18.2 Å². The Morgan fingerprint density at radius 2 is 2.38 bits per heavy atom. The van der Waals surface area contributed by atoms with E-state index >= 15 is 0 Å². The molecule has 0 spiro atoms. The molecule has 0 saturated heterocycles. The van der Waals surface area contributed by atoms with E-state index in [1.54, 1.807) is 13.2 Å². The summed E-state index contributed by atoms with van der Waals surface area (Å²) >= 11 is 6.02. The molecule has 1 aromatic carbocycles. The summed E-state index contributed by atoms with van der Waals surface area (Å²) in [6.07, 6.45) is 1.22. The normalized spacial score (nSPS) is 17.1. The van der Waals surface area contributed by atoms with Gasteiger partial charge in [0.15, 0.2) is 0 Å². The fourth-order valence-electron chi connectivity index (χ4n) is 2.31. The minimum Gasteiger partial charge on any atom is -0.489 e.